The summed E-state index contributed by atoms with van der Waals surface area (Å²) in [7, 11) is 1.79. The number of hydrogen-bond acceptors (Lipinski definition) is 2. The second-order valence-electron chi connectivity index (χ2n) is 4.70. The summed E-state index contributed by atoms with van der Waals surface area (Å²) in [5.41, 5.74) is 8.03. The molecule has 0 saturated carbocycles. The van der Waals surface area contributed by atoms with Crippen LogP contribution in [0.5, 0.6) is 0 Å². The van der Waals surface area contributed by atoms with Crippen molar-refractivity contribution in [3.63, 3.8) is 0 Å². The Morgan fingerprint density at radius 2 is 2.06 bits per heavy atom. The molecule has 0 radical (unpaired) electrons. The first-order valence-electron chi connectivity index (χ1n) is 5.87. The van der Waals surface area contributed by atoms with E-state index in [1.54, 1.807) is 11.6 Å². The van der Waals surface area contributed by atoms with Gasteiger partial charge in [-0.05, 0) is 28.5 Å². The van der Waals surface area contributed by atoms with Gasteiger partial charge >= 0.3 is 0 Å². The zero-order chi connectivity index (χ0) is 12.6. The van der Waals surface area contributed by atoms with Crippen LogP contribution < -0.4 is 11.3 Å². The molecule has 1 aromatic carbocycles. The summed E-state index contributed by atoms with van der Waals surface area (Å²) in [5.74, 6) is 0.372. The molecule has 90 valence electrons. The summed E-state index contributed by atoms with van der Waals surface area (Å²) < 4.78 is 1.65. The maximum Gasteiger partial charge on any atom is 0.258 e. The van der Waals surface area contributed by atoms with Crippen LogP contribution in [0.4, 0.5) is 0 Å². The average molecular weight is 230 g/mol. The van der Waals surface area contributed by atoms with Crippen molar-refractivity contribution in [2.75, 3.05) is 0 Å². The first kappa shape index (κ1) is 11.9. The fourth-order valence-corrected chi connectivity index (χ4v) is 2.25. The number of rotatable bonds is 2. The first-order valence-corrected chi connectivity index (χ1v) is 5.87. The van der Waals surface area contributed by atoms with E-state index in [-0.39, 0.29) is 5.56 Å². The molecule has 0 atom stereocenters. The van der Waals surface area contributed by atoms with Gasteiger partial charge in [0.1, 0.15) is 0 Å². The van der Waals surface area contributed by atoms with Crippen molar-refractivity contribution in [1.29, 1.82) is 0 Å². The molecule has 3 heteroatoms. The number of fused-ring (bicyclic) bond motifs is 1. The zero-order valence-electron chi connectivity index (χ0n) is 10.5. The highest BCUT2D eigenvalue weighted by Crippen LogP contribution is 2.26. The van der Waals surface area contributed by atoms with Crippen LogP contribution in [-0.2, 0) is 13.6 Å². The van der Waals surface area contributed by atoms with Gasteiger partial charge in [0.05, 0.1) is 0 Å². The second kappa shape index (κ2) is 4.34. The molecule has 0 aliphatic rings. The van der Waals surface area contributed by atoms with Crippen molar-refractivity contribution in [3.8, 4) is 0 Å². The van der Waals surface area contributed by atoms with Gasteiger partial charge < -0.3 is 10.3 Å². The lowest BCUT2D eigenvalue weighted by Crippen LogP contribution is -2.18. The highest BCUT2D eigenvalue weighted by atomic mass is 16.1. The lowest BCUT2D eigenvalue weighted by Gasteiger charge is -2.14. The van der Waals surface area contributed by atoms with E-state index in [0.717, 1.165) is 16.3 Å². The third-order valence-electron chi connectivity index (χ3n) is 3.16. The van der Waals surface area contributed by atoms with Gasteiger partial charge in [-0.3, -0.25) is 4.79 Å². The van der Waals surface area contributed by atoms with Gasteiger partial charge in [-0.25, -0.2) is 0 Å². The van der Waals surface area contributed by atoms with Crippen molar-refractivity contribution in [2.45, 2.75) is 26.3 Å². The minimum atomic E-state index is 0.0414. The number of nitrogens with two attached hydrogens (primary N) is 1. The van der Waals surface area contributed by atoms with E-state index in [0.29, 0.717) is 12.5 Å². The van der Waals surface area contributed by atoms with Crippen LogP contribution in [0, 0.1) is 0 Å². The van der Waals surface area contributed by atoms with Crippen LogP contribution in [0.3, 0.4) is 0 Å². The number of aryl methyl sites for hydroxylation is 1. The summed E-state index contributed by atoms with van der Waals surface area (Å²) in [6.45, 7) is 4.73. The summed E-state index contributed by atoms with van der Waals surface area (Å²) in [4.78, 5) is 12.1. The molecule has 1 aromatic heterocycles. The molecule has 0 fully saturated rings. The molecule has 17 heavy (non-hydrogen) atoms. The van der Waals surface area contributed by atoms with E-state index in [9.17, 15) is 4.79 Å². The molecule has 0 unspecified atom stereocenters. The molecule has 2 rings (SSSR count). The molecular formula is C14H18N2O. The van der Waals surface area contributed by atoms with E-state index in [1.807, 2.05) is 24.4 Å². The number of aromatic nitrogens is 1. The number of pyridine rings is 1. The first-order chi connectivity index (χ1) is 8.06. The molecule has 0 saturated heterocycles. The van der Waals surface area contributed by atoms with Crippen molar-refractivity contribution in [1.82, 2.24) is 4.57 Å². The fourth-order valence-electron chi connectivity index (χ4n) is 2.25. The molecule has 0 spiro atoms. The van der Waals surface area contributed by atoms with Crippen LogP contribution in [0.2, 0.25) is 0 Å². The Hall–Kier alpha value is -1.61. The molecule has 3 nitrogen and oxygen atoms in total. The SMILES string of the molecule is CC(C)c1cn(C)c(=O)c2cccc(CN)c12. The zero-order valence-corrected chi connectivity index (χ0v) is 10.5. The maximum absolute atomic E-state index is 12.1. The molecule has 1 heterocycles. The van der Waals surface area contributed by atoms with Crippen LogP contribution in [0.15, 0.2) is 29.2 Å². The third kappa shape index (κ3) is 1.87. The van der Waals surface area contributed by atoms with E-state index >= 15 is 0 Å². The molecule has 0 aliphatic carbocycles. The smallest absolute Gasteiger partial charge is 0.258 e. The molecule has 0 bridgehead atoms. The fraction of sp³-hybridized carbons (Fsp3) is 0.357. The average Bonchev–Trinajstić information content (AvgIpc) is 2.32. The van der Waals surface area contributed by atoms with Crippen LogP contribution in [0.25, 0.3) is 10.8 Å². The largest absolute Gasteiger partial charge is 0.326 e. The van der Waals surface area contributed by atoms with Crippen molar-refractivity contribution < 1.29 is 0 Å². The van der Waals surface area contributed by atoms with E-state index in [1.165, 1.54) is 5.56 Å². The minimum absolute atomic E-state index is 0.0414. The predicted octanol–water partition coefficient (Wildman–Crippen LogP) is 2.12. The Kier molecular flexibility index (Phi) is 3.03. The Morgan fingerprint density at radius 3 is 2.65 bits per heavy atom. The summed E-state index contributed by atoms with van der Waals surface area (Å²) in [5, 5.41) is 1.80. The van der Waals surface area contributed by atoms with Crippen LogP contribution in [-0.4, -0.2) is 4.57 Å². The highest BCUT2D eigenvalue weighted by Gasteiger charge is 2.12. The van der Waals surface area contributed by atoms with Crippen molar-refractivity contribution in [3.05, 3.63) is 45.9 Å². The van der Waals surface area contributed by atoms with Crippen LogP contribution in [0.1, 0.15) is 30.9 Å². The Morgan fingerprint density at radius 1 is 1.35 bits per heavy atom. The highest BCUT2D eigenvalue weighted by molar-refractivity contribution is 5.88. The van der Waals surface area contributed by atoms with Gasteiger partial charge in [0.15, 0.2) is 0 Å². The Balaban J connectivity index is 2.99. The topological polar surface area (TPSA) is 48.0 Å². The molecule has 2 N–H and O–H groups in total. The van der Waals surface area contributed by atoms with Gasteiger partial charge in [0, 0.05) is 25.2 Å². The molecule has 0 amide bonds. The lowest BCUT2D eigenvalue weighted by atomic mass is 9.95. The van der Waals surface area contributed by atoms with E-state index in [4.69, 9.17) is 5.73 Å². The van der Waals surface area contributed by atoms with Gasteiger partial charge in [-0.1, -0.05) is 26.0 Å². The summed E-state index contributed by atoms with van der Waals surface area (Å²) >= 11 is 0. The van der Waals surface area contributed by atoms with E-state index in [2.05, 4.69) is 13.8 Å². The van der Waals surface area contributed by atoms with Gasteiger partial charge in [0.2, 0.25) is 0 Å². The van der Waals surface area contributed by atoms with Crippen molar-refractivity contribution in [2.24, 2.45) is 12.8 Å². The number of hydrogen-bond donors (Lipinski definition) is 1. The number of benzene rings is 1. The van der Waals surface area contributed by atoms with Gasteiger partial charge in [-0.15, -0.1) is 0 Å². The Bertz CT molecular complexity index is 611. The molecular weight excluding hydrogens is 212 g/mol. The van der Waals surface area contributed by atoms with E-state index < -0.39 is 0 Å². The van der Waals surface area contributed by atoms with Gasteiger partial charge in [0.25, 0.3) is 5.56 Å². The second-order valence-corrected chi connectivity index (χ2v) is 4.70. The summed E-state index contributed by atoms with van der Waals surface area (Å²) in [6, 6.07) is 5.77. The quantitative estimate of drug-likeness (QED) is 0.859. The minimum Gasteiger partial charge on any atom is -0.326 e. The molecule has 0 aliphatic heterocycles. The van der Waals surface area contributed by atoms with Gasteiger partial charge in [-0.2, -0.15) is 0 Å². The maximum atomic E-state index is 12.1. The lowest BCUT2D eigenvalue weighted by molar-refractivity contribution is 0.808. The third-order valence-corrected chi connectivity index (χ3v) is 3.16. The van der Waals surface area contributed by atoms with Crippen LogP contribution >= 0.6 is 0 Å². The molecule has 2 aromatic rings. The number of nitrogens with zero attached hydrogens (tertiary/aromatic N) is 1. The summed E-state index contributed by atoms with van der Waals surface area (Å²) in [6.07, 6.45) is 1.93. The standard InChI is InChI=1S/C14H18N2O/c1-9(2)12-8-16(3)14(17)11-6-4-5-10(7-15)13(11)12/h4-6,8-9H,7,15H2,1-3H3. The normalized spacial score (nSPS) is 11.4. The predicted molar refractivity (Wildman–Crippen MR) is 71.2 cm³/mol. The Labute approximate surface area is 101 Å². The van der Waals surface area contributed by atoms with Crippen molar-refractivity contribution >= 4 is 10.8 Å². The monoisotopic (exact) mass is 230 g/mol.